The normalized spacial score (nSPS) is 12.8. The summed E-state index contributed by atoms with van der Waals surface area (Å²) in [5.74, 6) is 0.178. The monoisotopic (exact) mass is 299 g/mol. The molecule has 0 aromatic heterocycles. The van der Waals surface area contributed by atoms with Gasteiger partial charge in [-0.05, 0) is 31.1 Å². The highest BCUT2D eigenvalue weighted by atomic mass is 16.5. The molecule has 0 radical (unpaired) electrons. The van der Waals surface area contributed by atoms with E-state index in [9.17, 15) is 4.79 Å². The van der Waals surface area contributed by atoms with Gasteiger partial charge in [0.25, 0.3) is 0 Å². The first-order chi connectivity index (χ1) is 9.72. The van der Waals surface area contributed by atoms with E-state index in [2.05, 4.69) is 39.9 Å². The van der Waals surface area contributed by atoms with Crippen LogP contribution in [0, 0.1) is 11.3 Å². The minimum atomic E-state index is -0.0892. The van der Waals surface area contributed by atoms with Crippen molar-refractivity contribution < 1.29 is 9.53 Å². The maximum atomic E-state index is 11.6. The molecule has 0 aliphatic heterocycles. The van der Waals surface area contributed by atoms with Crippen LogP contribution in [0.3, 0.4) is 0 Å². The second-order valence-corrected chi connectivity index (χ2v) is 7.20. The molecule has 0 saturated heterocycles. The number of ether oxygens (including phenoxy) is 1. The van der Waals surface area contributed by atoms with Crippen LogP contribution in [0.25, 0.3) is 0 Å². The second kappa shape index (κ2) is 9.45. The zero-order valence-electron chi connectivity index (χ0n) is 15.3. The van der Waals surface area contributed by atoms with Gasteiger partial charge in [0.05, 0.1) is 5.60 Å². The molecule has 1 amide bonds. The Kier molecular flexibility index (Phi) is 9.19. The first-order valence-electron chi connectivity index (χ1n) is 8.63. The molecule has 1 N–H and O–H groups in total. The summed E-state index contributed by atoms with van der Waals surface area (Å²) in [6.45, 7) is 16.5. The fourth-order valence-corrected chi connectivity index (χ4v) is 2.22. The van der Waals surface area contributed by atoms with Crippen LogP contribution in [0.2, 0.25) is 0 Å². The third-order valence-electron chi connectivity index (χ3n) is 4.84. The molecule has 0 spiro atoms. The zero-order chi connectivity index (χ0) is 16.5. The van der Waals surface area contributed by atoms with Crippen LogP contribution in [0.5, 0.6) is 0 Å². The molecule has 0 rings (SSSR count). The Balaban J connectivity index is 4.33. The Morgan fingerprint density at radius 2 is 1.62 bits per heavy atom. The molecule has 0 bridgehead atoms. The quantitative estimate of drug-likeness (QED) is 0.608. The third kappa shape index (κ3) is 7.85. The SMILES string of the molecule is CCC(C)(C)CCOC(CC)(CC)CCNC(=O)C(C)C. The van der Waals surface area contributed by atoms with Gasteiger partial charge in [0, 0.05) is 19.1 Å². The molecule has 0 unspecified atom stereocenters. The Hall–Kier alpha value is -0.570. The number of hydrogen-bond donors (Lipinski definition) is 1. The summed E-state index contributed by atoms with van der Waals surface area (Å²) in [6, 6.07) is 0. The molecule has 0 aliphatic carbocycles. The van der Waals surface area contributed by atoms with Gasteiger partial charge in [0.15, 0.2) is 0 Å². The van der Waals surface area contributed by atoms with Crippen molar-refractivity contribution in [2.45, 2.75) is 86.2 Å². The topological polar surface area (TPSA) is 38.3 Å². The lowest BCUT2D eigenvalue weighted by Crippen LogP contribution is -2.38. The number of rotatable bonds is 11. The van der Waals surface area contributed by atoms with Crippen LogP contribution in [-0.4, -0.2) is 24.7 Å². The Morgan fingerprint density at radius 1 is 1.05 bits per heavy atom. The molecule has 0 heterocycles. The molecular weight excluding hydrogens is 262 g/mol. The van der Waals surface area contributed by atoms with Crippen LogP contribution in [0.15, 0.2) is 0 Å². The highest BCUT2D eigenvalue weighted by Gasteiger charge is 2.28. The van der Waals surface area contributed by atoms with Gasteiger partial charge < -0.3 is 10.1 Å². The van der Waals surface area contributed by atoms with Crippen molar-refractivity contribution in [1.29, 1.82) is 0 Å². The maximum Gasteiger partial charge on any atom is 0.222 e. The van der Waals surface area contributed by atoms with Crippen molar-refractivity contribution in [2.24, 2.45) is 11.3 Å². The fraction of sp³-hybridized carbons (Fsp3) is 0.944. The number of amides is 1. The van der Waals surface area contributed by atoms with Gasteiger partial charge in [-0.1, -0.05) is 54.9 Å². The lowest BCUT2D eigenvalue weighted by molar-refractivity contribution is -0.124. The van der Waals surface area contributed by atoms with Crippen molar-refractivity contribution in [3.63, 3.8) is 0 Å². The summed E-state index contributed by atoms with van der Waals surface area (Å²) < 4.78 is 6.26. The number of carbonyl (C=O) groups excluding carboxylic acids is 1. The van der Waals surface area contributed by atoms with E-state index in [-0.39, 0.29) is 17.4 Å². The van der Waals surface area contributed by atoms with Gasteiger partial charge in [0.1, 0.15) is 0 Å². The minimum absolute atomic E-state index is 0.0499. The molecule has 21 heavy (non-hydrogen) atoms. The van der Waals surface area contributed by atoms with E-state index < -0.39 is 0 Å². The molecule has 0 atom stereocenters. The molecule has 0 saturated carbocycles. The maximum absolute atomic E-state index is 11.6. The van der Waals surface area contributed by atoms with E-state index in [0.717, 1.165) is 32.3 Å². The van der Waals surface area contributed by atoms with E-state index in [1.165, 1.54) is 6.42 Å². The molecule has 0 aliphatic rings. The van der Waals surface area contributed by atoms with Gasteiger partial charge >= 0.3 is 0 Å². The summed E-state index contributed by atoms with van der Waals surface area (Å²) >= 11 is 0. The molecule has 3 nitrogen and oxygen atoms in total. The first-order valence-corrected chi connectivity index (χ1v) is 8.63. The van der Waals surface area contributed by atoms with Crippen LogP contribution in [0.1, 0.15) is 80.6 Å². The van der Waals surface area contributed by atoms with Crippen molar-refractivity contribution in [3.05, 3.63) is 0 Å². The van der Waals surface area contributed by atoms with Crippen LogP contribution in [0.4, 0.5) is 0 Å². The largest absolute Gasteiger partial charge is 0.375 e. The van der Waals surface area contributed by atoms with Crippen LogP contribution >= 0.6 is 0 Å². The predicted octanol–water partition coefficient (Wildman–Crippen LogP) is 4.55. The summed E-state index contributed by atoms with van der Waals surface area (Å²) in [4.78, 5) is 11.6. The molecule has 3 heteroatoms. The van der Waals surface area contributed by atoms with E-state index in [1.807, 2.05) is 13.8 Å². The average Bonchev–Trinajstić information content (AvgIpc) is 2.45. The van der Waals surface area contributed by atoms with Crippen molar-refractivity contribution in [3.8, 4) is 0 Å². The van der Waals surface area contributed by atoms with Gasteiger partial charge in [-0.15, -0.1) is 0 Å². The minimum Gasteiger partial charge on any atom is -0.375 e. The number of nitrogens with one attached hydrogen (secondary N) is 1. The fourth-order valence-electron chi connectivity index (χ4n) is 2.22. The lowest BCUT2D eigenvalue weighted by atomic mass is 9.86. The van der Waals surface area contributed by atoms with Crippen LogP contribution < -0.4 is 5.32 Å². The van der Waals surface area contributed by atoms with Crippen LogP contribution in [-0.2, 0) is 9.53 Å². The Morgan fingerprint density at radius 3 is 2.05 bits per heavy atom. The molecule has 0 aromatic rings. The third-order valence-corrected chi connectivity index (χ3v) is 4.84. The second-order valence-electron chi connectivity index (χ2n) is 7.20. The van der Waals surface area contributed by atoms with E-state index in [1.54, 1.807) is 0 Å². The van der Waals surface area contributed by atoms with Gasteiger partial charge in [-0.25, -0.2) is 0 Å². The zero-order valence-corrected chi connectivity index (χ0v) is 15.3. The molecule has 0 fully saturated rings. The summed E-state index contributed by atoms with van der Waals surface area (Å²) in [7, 11) is 0. The standard InChI is InChI=1S/C18H37NO2/c1-8-17(6,7)12-14-21-18(9-2,10-3)11-13-19-16(20)15(4)5/h15H,8-14H2,1-7H3,(H,19,20). The number of carbonyl (C=O) groups is 1. The highest BCUT2D eigenvalue weighted by molar-refractivity contribution is 5.77. The first kappa shape index (κ1) is 20.4. The summed E-state index contributed by atoms with van der Waals surface area (Å²) in [6.07, 6.45) is 5.14. The average molecular weight is 299 g/mol. The van der Waals surface area contributed by atoms with Gasteiger partial charge in [-0.2, -0.15) is 0 Å². The smallest absolute Gasteiger partial charge is 0.222 e. The van der Waals surface area contributed by atoms with Gasteiger partial charge in [0.2, 0.25) is 5.91 Å². The molecule has 0 aromatic carbocycles. The van der Waals surface area contributed by atoms with E-state index in [0.29, 0.717) is 12.0 Å². The van der Waals surface area contributed by atoms with E-state index >= 15 is 0 Å². The predicted molar refractivity (Wildman–Crippen MR) is 90.4 cm³/mol. The Labute approximate surface area is 132 Å². The van der Waals surface area contributed by atoms with Crippen molar-refractivity contribution >= 4 is 5.91 Å². The Bertz CT molecular complexity index is 294. The summed E-state index contributed by atoms with van der Waals surface area (Å²) in [5, 5.41) is 3.00. The lowest BCUT2D eigenvalue weighted by Gasteiger charge is -2.34. The molecule has 126 valence electrons. The van der Waals surface area contributed by atoms with Gasteiger partial charge in [-0.3, -0.25) is 4.79 Å². The number of hydrogen-bond acceptors (Lipinski definition) is 2. The van der Waals surface area contributed by atoms with Crippen molar-refractivity contribution in [2.75, 3.05) is 13.2 Å². The molecular formula is C18H37NO2. The highest BCUT2D eigenvalue weighted by Crippen LogP contribution is 2.29. The van der Waals surface area contributed by atoms with E-state index in [4.69, 9.17) is 4.74 Å². The summed E-state index contributed by atoms with van der Waals surface area (Å²) in [5.41, 5.74) is 0.257. The van der Waals surface area contributed by atoms with Crippen molar-refractivity contribution in [1.82, 2.24) is 5.32 Å².